The highest BCUT2D eigenvalue weighted by molar-refractivity contribution is 5.97. The number of nitrogens with zero attached hydrogens (tertiary/aromatic N) is 3. The third-order valence-corrected chi connectivity index (χ3v) is 4.66. The molecule has 2 N–H and O–H groups in total. The Labute approximate surface area is 161 Å². The molecule has 0 fully saturated rings. The fraction of sp³-hybridized carbons (Fsp3) is 0.0455. The molecule has 136 valence electrons. The van der Waals surface area contributed by atoms with Gasteiger partial charge in [0.25, 0.3) is 0 Å². The summed E-state index contributed by atoms with van der Waals surface area (Å²) in [6.45, 7) is 0. The Kier molecular flexibility index (Phi) is 3.87. The van der Waals surface area contributed by atoms with Crippen LogP contribution in [0.2, 0.25) is 0 Å². The smallest absolute Gasteiger partial charge is 0.165 e. The van der Waals surface area contributed by atoms with Gasteiger partial charge < -0.3 is 10.1 Å². The molecule has 0 saturated carbocycles. The van der Waals surface area contributed by atoms with Crippen molar-refractivity contribution in [2.45, 2.75) is 0 Å². The van der Waals surface area contributed by atoms with Gasteiger partial charge in [-0.25, -0.2) is 9.97 Å². The van der Waals surface area contributed by atoms with Crippen molar-refractivity contribution >= 4 is 33.4 Å². The van der Waals surface area contributed by atoms with Crippen molar-refractivity contribution in [3.05, 3.63) is 72.8 Å². The third-order valence-electron chi connectivity index (χ3n) is 4.66. The average Bonchev–Trinajstić information content (AvgIpc) is 3.16. The summed E-state index contributed by atoms with van der Waals surface area (Å²) in [5, 5.41) is 12.8. The van der Waals surface area contributed by atoms with Gasteiger partial charge in [-0.2, -0.15) is 5.10 Å². The van der Waals surface area contributed by atoms with E-state index < -0.39 is 0 Å². The van der Waals surface area contributed by atoms with E-state index in [2.05, 4.69) is 15.5 Å². The zero-order chi connectivity index (χ0) is 18.9. The van der Waals surface area contributed by atoms with Crippen LogP contribution in [0, 0.1) is 0 Å². The molecule has 0 atom stereocenters. The lowest BCUT2D eigenvalue weighted by molar-refractivity contribution is 0.416. The van der Waals surface area contributed by atoms with Gasteiger partial charge >= 0.3 is 0 Å². The number of nitrogens with one attached hydrogen (secondary N) is 2. The van der Waals surface area contributed by atoms with E-state index in [-0.39, 0.29) is 0 Å². The van der Waals surface area contributed by atoms with Gasteiger partial charge in [0.05, 0.1) is 23.7 Å². The van der Waals surface area contributed by atoms with E-state index in [9.17, 15) is 0 Å². The minimum absolute atomic E-state index is 0.596. The van der Waals surface area contributed by atoms with Crippen molar-refractivity contribution in [2.24, 2.45) is 0 Å². The molecule has 6 nitrogen and oxygen atoms in total. The number of H-pyrrole nitrogens is 1. The molecular formula is C22H17N5O. The Balaban J connectivity index is 1.69. The molecule has 0 spiro atoms. The molecule has 2 aromatic heterocycles. The molecule has 0 aliphatic heterocycles. The van der Waals surface area contributed by atoms with Crippen LogP contribution >= 0.6 is 0 Å². The van der Waals surface area contributed by atoms with Crippen LogP contribution in [0.15, 0.2) is 72.8 Å². The summed E-state index contributed by atoms with van der Waals surface area (Å²) in [6, 6.07) is 23.6. The van der Waals surface area contributed by atoms with Crippen LogP contribution in [0.1, 0.15) is 0 Å². The summed E-state index contributed by atoms with van der Waals surface area (Å²) in [5.41, 5.74) is 2.65. The lowest BCUT2D eigenvalue weighted by Crippen LogP contribution is -2.00. The van der Waals surface area contributed by atoms with Crippen molar-refractivity contribution in [3.8, 4) is 17.1 Å². The van der Waals surface area contributed by atoms with Crippen molar-refractivity contribution in [3.63, 3.8) is 0 Å². The highest BCUT2D eigenvalue weighted by atomic mass is 16.5. The zero-order valence-electron chi connectivity index (χ0n) is 15.2. The lowest BCUT2D eigenvalue weighted by Gasteiger charge is -2.11. The minimum atomic E-state index is 0.596. The van der Waals surface area contributed by atoms with Crippen LogP contribution in [0.3, 0.4) is 0 Å². The van der Waals surface area contributed by atoms with Crippen molar-refractivity contribution < 1.29 is 4.74 Å². The van der Waals surface area contributed by atoms with Crippen LogP contribution in [0.4, 0.5) is 11.6 Å². The zero-order valence-corrected chi connectivity index (χ0v) is 15.2. The molecule has 5 aromatic rings. The van der Waals surface area contributed by atoms with Crippen LogP contribution in [0.5, 0.6) is 5.75 Å². The van der Waals surface area contributed by atoms with Crippen molar-refractivity contribution in [2.75, 3.05) is 12.4 Å². The molecule has 0 amide bonds. The molecule has 0 aliphatic rings. The molecule has 0 saturated heterocycles. The summed E-state index contributed by atoms with van der Waals surface area (Å²) >= 11 is 0. The molecule has 0 aliphatic carbocycles. The largest absolute Gasteiger partial charge is 0.496 e. The number of anilines is 2. The number of aromatic nitrogens is 4. The molecule has 5 rings (SSSR count). The van der Waals surface area contributed by atoms with E-state index in [1.54, 1.807) is 7.11 Å². The van der Waals surface area contributed by atoms with E-state index in [1.165, 1.54) is 0 Å². The fourth-order valence-corrected chi connectivity index (χ4v) is 3.29. The maximum Gasteiger partial charge on any atom is 0.165 e. The van der Waals surface area contributed by atoms with Crippen LogP contribution in [-0.2, 0) is 0 Å². The van der Waals surface area contributed by atoms with Crippen LogP contribution in [0.25, 0.3) is 33.2 Å². The Bertz CT molecular complexity index is 1290. The SMILES string of the molecule is COc1ccccc1-c1nc(Nc2n[nH]c3ccccc23)c2ccccc2n1. The summed E-state index contributed by atoms with van der Waals surface area (Å²) in [6.07, 6.45) is 0. The number of fused-ring (bicyclic) bond motifs is 2. The van der Waals surface area contributed by atoms with Gasteiger partial charge in [-0.3, -0.25) is 5.10 Å². The summed E-state index contributed by atoms with van der Waals surface area (Å²) in [4.78, 5) is 9.55. The monoisotopic (exact) mass is 367 g/mol. The van der Waals surface area contributed by atoms with Gasteiger partial charge in [-0.05, 0) is 36.4 Å². The van der Waals surface area contributed by atoms with Gasteiger partial charge in [0, 0.05) is 10.8 Å². The van der Waals surface area contributed by atoms with Gasteiger partial charge in [0.1, 0.15) is 11.6 Å². The summed E-state index contributed by atoms with van der Waals surface area (Å²) in [7, 11) is 1.65. The Morgan fingerprint density at radius 3 is 2.43 bits per heavy atom. The maximum absolute atomic E-state index is 5.50. The number of rotatable bonds is 4. The second kappa shape index (κ2) is 6.66. The van der Waals surface area contributed by atoms with E-state index in [0.29, 0.717) is 11.6 Å². The van der Waals surface area contributed by atoms with Gasteiger partial charge in [0.15, 0.2) is 11.6 Å². The first kappa shape index (κ1) is 16.3. The number of methoxy groups -OCH3 is 1. The molecule has 0 radical (unpaired) electrons. The molecule has 3 aromatic carbocycles. The number of ether oxygens (including phenoxy) is 1. The average molecular weight is 367 g/mol. The minimum Gasteiger partial charge on any atom is -0.496 e. The van der Waals surface area contributed by atoms with E-state index in [1.807, 2.05) is 72.8 Å². The normalized spacial score (nSPS) is 11.0. The van der Waals surface area contributed by atoms with Crippen molar-refractivity contribution in [1.29, 1.82) is 0 Å². The molecule has 6 heteroatoms. The van der Waals surface area contributed by atoms with Gasteiger partial charge in [-0.1, -0.05) is 36.4 Å². The second-order valence-corrected chi connectivity index (χ2v) is 6.36. The van der Waals surface area contributed by atoms with E-state index in [4.69, 9.17) is 14.7 Å². The molecule has 0 bridgehead atoms. The predicted molar refractivity (Wildman–Crippen MR) is 111 cm³/mol. The second-order valence-electron chi connectivity index (χ2n) is 6.36. The quantitative estimate of drug-likeness (QED) is 0.471. The van der Waals surface area contributed by atoms with Crippen LogP contribution < -0.4 is 10.1 Å². The number of hydrogen-bond donors (Lipinski definition) is 2. The highest BCUT2D eigenvalue weighted by Crippen LogP contribution is 2.32. The number of para-hydroxylation sites is 3. The first-order chi connectivity index (χ1) is 13.8. The lowest BCUT2D eigenvalue weighted by atomic mass is 10.1. The Morgan fingerprint density at radius 2 is 1.54 bits per heavy atom. The van der Waals surface area contributed by atoms with Gasteiger partial charge in [0.2, 0.25) is 0 Å². The summed E-state index contributed by atoms with van der Waals surface area (Å²) in [5.74, 6) is 2.75. The fourth-order valence-electron chi connectivity index (χ4n) is 3.29. The number of hydrogen-bond acceptors (Lipinski definition) is 5. The standard InChI is InChI=1S/C22H17N5O/c1-28-19-13-7-4-10-16(19)21-23-17-11-5-2-8-14(17)20(24-21)25-22-15-9-3-6-12-18(15)26-27-22/h2-13H,1H3,(H2,23,24,25,26,27). The number of benzene rings is 3. The first-order valence-electron chi connectivity index (χ1n) is 8.94. The Morgan fingerprint density at radius 1 is 0.786 bits per heavy atom. The molecule has 0 unspecified atom stereocenters. The Hall–Kier alpha value is -3.93. The van der Waals surface area contributed by atoms with E-state index in [0.717, 1.165) is 38.9 Å². The predicted octanol–water partition coefficient (Wildman–Crippen LogP) is 4.93. The van der Waals surface area contributed by atoms with E-state index >= 15 is 0 Å². The third kappa shape index (κ3) is 2.72. The molecule has 28 heavy (non-hydrogen) atoms. The highest BCUT2D eigenvalue weighted by Gasteiger charge is 2.14. The van der Waals surface area contributed by atoms with Crippen molar-refractivity contribution in [1.82, 2.24) is 20.2 Å². The molecule has 2 heterocycles. The number of aromatic amines is 1. The summed E-state index contributed by atoms with van der Waals surface area (Å²) < 4.78 is 5.50. The molecular weight excluding hydrogens is 350 g/mol. The topological polar surface area (TPSA) is 75.7 Å². The van der Waals surface area contributed by atoms with Crippen LogP contribution in [-0.4, -0.2) is 27.3 Å². The van der Waals surface area contributed by atoms with Gasteiger partial charge in [-0.15, -0.1) is 0 Å². The first-order valence-corrected chi connectivity index (χ1v) is 8.94. The maximum atomic E-state index is 5.50.